The molecule has 4 heterocycles. The summed E-state index contributed by atoms with van der Waals surface area (Å²) >= 11 is 0. The molecular formula is C58H33N3O3. The number of rotatable bonds is 3. The first kappa shape index (κ1) is 34.3. The summed E-state index contributed by atoms with van der Waals surface area (Å²) in [6.45, 7) is 0. The van der Waals surface area contributed by atoms with E-state index in [1.807, 2.05) is 42.5 Å². The van der Waals surface area contributed by atoms with E-state index < -0.39 is 5.41 Å². The number of benzene rings is 8. The van der Waals surface area contributed by atoms with E-state index in [0.29, 0.717) is 23.9 Å². The Bertz CT molecular complexity index is 3960. The predicted octanol–water partition coefficient (Wildman–Crippen LogP) is 14.7. The van der Waals surface area contributed by atoms with Crippen LogP contribution in [0.15, 0.2) is 201 Å². The summed E-state index contributed by atoms with van der Waals surface area (Å²) in [5.41, 5.74) is 15.8. The van der Waals surface area contributed by atoms with Crippen LogP contribution in [-0.4, -0.2) is 15.0 Å². The lowest BCUT2D eigenvalue weighted by Crippen LogP contribution is -2.27. The molecule has 15 rings (SSSR count). The second kappa shape index (κ2) is 12.4. The summed E-state index contributed by atoms with van der Waals surface area (Å²) in [5, 5.41) is 6.40. The van der Waals surface area contributed by atoms with Crippen molar-refractivity contribution in [3.05, 3.63) is 216 Å². The van der Waals surface area contributed by atoms with Crippen molar-refractivity contribution >= 4 is 71.4 Å². The van der Waals surface area contributed by atoms with E-state index >= 15 is 0 Å². The maximum atomic E-state index is 6.80. The van der Waals surface area contributed by atoms with Crippen LogP contribution in [0.5, 0.6) is 0 Å². The largest absolute Gasteiger partial charge is 0.455 e. The van der Waals surface area contributed by atoms with E-state index in [1.54, 1.807) is 0 Å². The Morgan fingerprint density at radius 3 is 1.52 bits per heavy atom. The number of hydrogen-bond acceptors (Lipinski definition) is 6. The molecule has 6 heteroatoms. The maximum absolute atomic E-state index is 6.80. The van der Waals surface area contributed by atoms with Gasteiger partial charge in [-0.1, -0.05) is 152 Å². The first-order chi connectivity index (χ1) is 31.7. The highest BCUT2D eigenvalue weighted by Gasteiger charge is 2.54. The lowest BCUT2D eigenvalue weighted by Gasteiger charge is -2.32. The molecule has 0 N–H and O–H groups in total. The van der Waals surface area contributed by atoms with Gasteiger partial charge < -0.3 is 13.3 Å². The molecule has 0 bridgehead atoms. The van der Waals surface area contributed by atoms with Gasteiger partial charge in [-0.3, -0.25) is 0 Å². The number of allylic oxidation sites excluding steroid dienone is 4. The number of aromatic nitrogens is 3. The lowest BCUT2D eigenvalue weighted by molar-refractivity contribution is 0.668. The van der Waals surface area contributed by atoms with Crippen LogP contribution in [0.1, 0.15) is 40.4 Å². The SMILES string of the molecule is C1=CC2=C(c3ccccc3C23c2ccccc2-c2c3ccc3c2oc2ccccc23)C(c2nc(-c3cccc4c3oc3ccccc34)nc(-c3cccc4c3oc3ccccc34)n2)C1. The second-order valence-corrected chi connectivity index (χ2v) is 17.2. The van der Waals surface area contributed by atoms with Crippen molar-refractivity contribution < 1.29 is 13.3 Å². The Kier molecular flexibility index (Phi) is 6.64. The minimum absolute atomic E-state index is 0.197. The first-order valence-corrected chi connectivity index (χ1v) is 21.9. The maximum Gasteiger partial charge on any atom is 0.167 e. The summed E-state index contributed by atoms with van der Waals surface area (Å²) in [5.74, 6) is 1.61. The van der Waals surface area contributed by atoms with E-state index in [1.165, 1.54) is 39.0 Å². The first-order valence-electron chi connectivity index (χ1n) is 21.9. The number of fused-ring (bicyclic) bond motifs is 19. The monoisotopic (exact) mass is 819 g/mol. The summed E-state index contributed by atoms with van der Waals surface area (Å²) in [4.78, 5) is 16.3. The third kappa shape index (κ3) is 4.31. The molecule has 298 valence electrons. The van der Waals surface area contributed by atoms with Crippen molar-refractivity contribution in [2.24, 2.45) is 0 Å². The highest BCUT2D eigenvalue weighted by atomic mass is 16.3. The molecule has 3 aliphatic rings. The molecule has 0 amide bonds. The molecule has 8 aromatic carbocycles. The standard InChI is InChI=1S/C58H33N3O3/c1-6-24-43-38(17-1)50-40(21-13-26-45(50)58(43)44-25-7-2-18-39(44)51-46(58)31-30-37-34-16-5-10-29-49(34)64-54(37)51)55-59-56(41-22-11-19-35-32-14-3-8-27-47(32)62-52(35)41)61-57(60-55)42-23-12-20-36-33-15-4-9-28-48(33)63-53(36)42/h1-20,22-31,40H,21H2. The Morgan fingerprint density at radius 2 is 0.891 bits per heavy atom. The second-order valence-electron chi connectivity index (χ2n) is 17.2. The molecule has 6 nitrogen and oxygen atoms in total. The fourth-order valence-electron chi connectivity index (χ4n) is 11.6. The topological polar surface area (TPSA) is 78.1 Å². The van der Waals surface area contributed by atoms with Crippen LogP contribution >= 0.6 is 0 Å². The van der Waals surface area contributed by atoms with E-state index in [9.17, 15) is 0 Å². The molecule has 0 radical (unpaired) electrons. The molecule has 0 saturated heterocycles. The van der Waals surface area contributed by atoms with Crippen LogP contribution in [-0.2, 0) is 5.41 Å². The van der Waals surface area contributed by atoms with Crippen LogP contribution in [0.3, 0.4) is 0 Å². The quantitative estimate of drug-likeness (QED) is 0.177. The van der Waals surface area contributed by atoms with Gasteiger partial charge in [-0.25, -0.2) is 15.0 Å². The van der Waals surface area contributed by atoms with Gasteiger partial charge in [0.1, 0.15) is 39.3 Å². The number of nitrogens with zero attached hydrogens (tertiary/aromatic N) is 3. The van der Waals surface area contributed by atoms with Crippen LogP contribution in [0, 0.1) is 0 Å². The van der Waals surface area contributed by atoms with E-state index in [-0.39, 0.29) is 5.92 Å². The Balaban J connectivity index is 1.01. The van der Waals surface area contributed by atoms with Crippen molar-refractivity contribution in [1.82, 2.24) is 15.0 Å². The summed E-state index contributed by atoms with van der Waals surface area (Å²) < 4.78 is 20.1. The fraction of sp³-hybridized carbons (Fsp3) is 0.0517. The summed E-state index contributed by atoms with van der Waals surface area (Å²) in [6, 6.07) is 59.7. The van der Waals surface area contributed by atoms with Crippen molar-refractivity contribution in [2.75, 3.05) is 0 Å². The van der Waals surface area contributed by atoms with Crippen LogP contribution in [0.4, 0.5) is 0 Å². The average molecular weight is 820 g/mol. The van der Waals surface area contributed by atoms with Crippen LogP contribution in [0.25, 0.3) is 105 Å². The highest BCUT2D eigenvalue weighted by molar-refractivity contribution is 6.14. The molecule has 0 aliphatic heterocycles. The van der Waals surface area contributed by atoms with E-state index in [4.69, 9.17) is 28.2 Å². The van der Waals surface area contributed by atoms with E-state index in [0.717, 1.165) is 82.5 Å². The van der Waals surface area contributed by atoms with Gasteiger partial charge in [0.2, 0.25) is 0 Å². The molecule has 2 atom stereocenters. The number of hydrogen-bond donors (Lipinski definition) is 0. The van der Waals surface area contributed by atoms with Crippen molar-refractivity contribution in [2.45, 2.75) is 17.8 Å². The van der Waals surface area contributed by atoms with E-state index in [2.05, 4.69) is 140 Å². The predicted molar refractivity (Wildman–Crippen MR) is 254 cm³/mol. The molecule has 3 aliphatic carbocycles. The summed E-state index contributed by atoms with van der Waals surface area (Å²) in [7, 11) is 0. The lowest BCUT2D eigenvalue weighted by atomic mass is 9.68. The third-order valence-electron chi connectivity index (χ3n) is 14.1. The fourth-order valence-corrected chi connectivity index (χ4v) is 11.6. The zero-order chi connectivity index (χ0) is 41.7. The molecular weight excluding hydrogens is 787 g/mol. The van der Waals surface area contributed by atoms with Crippen molar-refractivity contribution in [1.29, 1.82) is 0 Å². The number of furan rings is 3. The van der Waals surface area contributed by atoms with Crippen molar-refractivity contribution in [3.8, 4) is 33.9 Å². The van der Waals surface area contributed by atoms with Gasteiger partial charge >= 0.3 is 0 Å². The zero-order valence-electron chi connectivity index (χ0n) is 34.2. The normalized spacial score (nSPS) is 17.4. The van der Waals surface area contributed by atoms with Crippen LogP contribution in [0.2, 0.25) is 0 Å². The molecule has 1 spiro atoms. The van der Waals surface area contributed by atoms with Gasteiger partial charge in [-0.2, -0.15) is 0 Å². The smallest absolute Gasteiger partial charge is 0.167 e. The number of para-hydroxylation sites is 5. The third-order valence-corrected chi connectivity index (χ3v) is 14.1. The van der Waals surface area contributed by atoms with Gasteiger partial charge in [0.05, 0.1) is 16.5 Å². The molecule has 64 heavy (non-hydrogen) atoms. The molecule has 4 aromatic heterocycles. The molecule has 2 unspecified atom stereocenters. The van der Waals surface area contributed by atoms with Crippen LogP contribution < -0.4 is 0 Å². The van der Waals surface area contributed by atoms with Gasteiger partial charge in [-0.05, 0) is 75.7 Å². The molecule has 12 aromatic rings. The van der Waals surface area contributed by atoms with Gasteiger partial charge in [0, 0.05) is 43.8 Å². The zero-order valence-corrected chi connectivity index (χ0v) is 34.2. The van der Waals surface area contributed by atoms with Gasteiger partial charge in [0.15, 0.2) is 11.6 Å². The summed E-state index contributed by atoms with van der Waals surface area (Å²) in [6.07, 6.45) is 5.40. The minimum Gasteiger partial charge on any atom is -0.455 e. The highest BCUT2D eigenvalue weighted by Crippen LogP contribution is 2.66. The van der Waals surface area contributed by atoms with Gasteiger partial charge in [-0.15, -0.1) is 0 Å². The Hall–Kier alpha value is -8.35. The Labute approximate surface area is 365 Å². The van der Waals surface area contributed by atoms with Crippen molar-refractivity contribution in [3.63, 3.8) is 0 Å². The minimum atomic E-state index is -0.585. The average Bonchev–Trinajstić information content (AvgIpc) is 4.16. The van der Waals surface area contributed by atoms with Gasteiger partial charge in [0.25, 0.3) is 0 Å². The molecule has 0 fully saturated rings. The Morgan fingerprint density at radius 1 is 0.406 bits per heavy atom. The molecule has 0 saturated carbocycles.